The van der Waals surface area contributed by atoms with E-state index in [0.717, 1.165) is 28.1 Å². The molecule has 2 N–H and O–H groups in total. The third-order valence-corrected chi connectivity index (χ3v) is 3.22. The molecule has 0 amide bonds. The van der Waals surface area contributed by atoms with Crippen molar-refractivity contribution in [2.45, 2.75) is 6.92 Å². The van der Waals surface area contributed by atoms with E-state index in [-0.39, 0.29) is 0 Å². The number of rotatable bonds is 4. The molecule has 4 nitrogen and oxygen atoms in total. The number of anilines is 1. The standard InChI is InChI=1S/C17H16N2O2/c1-2-20-14-10-8-12(9-11-14)15-16(19-21-17(15)18)13-6-4-3-5-7-13/h3-11H,2,18H2,1H3. The van der Waals surface area contributed by atoms with Crippen molar-refractivity contribution in [2.24, 2.45) is 0 Å². The predicted molar refractivity (Wildman–Crippen MR) is 83.0 cm³/mol. The Bertz CT molecular complexity index is 718. The van der Waals surface area contributed by atoms with Gasteiger partial charge in [0.25, 0.3) is 0 Å². The Morgan fingerprint density at radius 2 is 1.71 bits per heavy atom. The summed E-state index contributed by atoms with van der Waals surface area (Å²) in [6.45, 7) is 2.60. The molecule has 0 aliphatic heterocycles. The fourth-order valence-electron chi connectivity index (χ4n) is 2.26. The molecule has 1 aromatic heterocycles. The van der Waals surface area contributed by atoms with Gasteiger partial charge in [-0.25, -0.2) is 0 Å². The molecule has 0 saturated carbocycles. The van der Waals surface area contributed by atoms with E-state index >= 15 is 0 Å². The highest BCUT2D eigenvalue weighted by Gasteiger charge is 2.17. The van der Waals surface area contributed by atoms with E-state index in [2.05, 4.69) is 5.16 Å². The van der Waals surface area contributed by atoms with Crippen molar-refractivity contribution in [3.05, 3.63) is 54.6 Å². The van der Waals surface area contributed by atoms with Crippen LogP contribution in [0.3, 0.4) is 0 Å². The van der Waals surface area contributed by atoms with Crippen LogP contribution >= 0.6 is 0 Å². The first-order valence-corrected chi connectivity index (χ1v) is 6.83. The van der Waals surface area contributed by atoms with Gasteiger partial charge in [-0.05, 0) is 24.6 Å². The van der Waals surface area contributed by atoms with Crippen molar-refractivity contribution in [1.29, 1.82) is 0 Å². The van der Waals surface area contributed by atoms with Gasteiger partial charge in [-0.15, -0.1) is 0 Å². The average molecular weight is 280 g/mol. The topological polar surface area (TPSA) is 61.3 Å². The van der Waals surface area contributed by atoms with Gasteiger partial charge in [-0.1, -0.05) is 47.6 Å². The van der Waals surface area contributed by atoms with Crippen LogP contribution in [0.1, 0.15) is 6.92 Å². The van der Waals surface area contributed by atoms with Crippen LogP contribution in [-0.4, -0.2) is 11.8 Å². The summed E-state index contributed by atoms with van der Waals surface area (Å²) in [6, 6.07) is 17.6. The lowest BCUT2D eigenvalue weighted by Gasteiger charge is -2.05. The Kier molecular flexibility index (Phi) is 3.60. The van der Waals surface area contributed by atoms with Crippen LogP contribution in [0.25, 0.3) is 22.4 Å². The van der Waals surface area contributed by atoms with Crippen LogP contribution in [-0.2, 0) is 0 Å². The zero-order chi connectivity index (χ0) is 14.7. The fraction of sp³-hybridized carbons (Fsp3) is 0.118. The summed E-state index contributed by atoms with van der Waals surface area (Å²) in [4.78, 5) is 0. The largest absolute Gasteiger partial charge is 0.494 e. The van der Waals surface area contributed by atoms with Gasteiger partial charge in [0, 0.05) is 5.56 Å². The third-order valence-electron chi connectivity index (χ3n) is 3.22. The lowest BCUT2D eigenvalue weighted by Crippen LogP contribution is -1.91. The molecule has 4 heteroatoms. The number of nitrogens with two attached hydrogens (primary N) is 1. The molecular formula is C17H16N2O2. The van der Waals surface area contributed by atoms with Gasteiger partial charge in [0.2, 0.25) is 5.88 Å². The normalized spacial score (nSPS) is 10.5. The monoisotopic (exact) mass is 280 g/mol. The molecule has 1 heterocycles. The van der Waals surface area contributed by atoms with Crippen molar-refractivity contribution < 1.29 is 9.26 Å². The van der Waals surface area contributed by atoms with Crippen LogP contribution in [0.5, 0.6) is 5.75 Å². The molecule has 106 valence electrons. The minimum absolute atomic E-state index is 0.318. The Hall–Kier alpha value is -2.75. The van der Waals surface area contributed by atoms with E-state index in [9.17, 15) is 0 Å². The Balaban J connectivity index is 2.04. The molecule has 0 spiro atoms. The summed E-state index contributed by atoms with van der Waals surface area (Å²) in [7, 11) is 0. The molecule has 0 atom stereocenters. The van der Waals surface area contributed by atoms with Crippen LogP contribution in [0, 0.1) is 0 Å². The van der Waals surface area contributed by atoms with Gasteiger partial charge < -0.3 is 15.0 Å². The molecule has 21 heavy (non-hydrogen) atoms. The zero-order valence-electron chi connectivity index (χ0n) is 11.7. The molecule has 3 aromatic rings. The van der Waals surface area contributed by atoms with Gasteiger partial charge in [0.15, 0.2) is 0 Å². The van der Waals surface area contributed by atoms with Gasteiger partial charge >= 0.3 is 0 Å². The summed E-state index contributed by atoms with van der Waals surface area (Å²) in [5.41, 5.74) is 9.43. The van der Waals surface area contributed by atoms with E-state index in [1.54, 1.807) is 0 Å². The summed E-state index contributed by atoms with van der Waals surface area (Å²) >= 11 is 0. The van der Waals surface area contributed by atoms with Crippen molar-refractivity contribution in [3.63, 3.8) is 0 Å². The second-order valence-electron chi connectivity index (χ2n) is 4.59. The number of hydrogen-bond donors (Lipinski definition) is 1. The first-order chi connectivity index (χ1) is 10.3. The highest BCUT2D eigenvalue weighted by atomic mass is 16.5. The number of hydrogen-bond acceptors (Lipinski definition) is 4. The van der Waals surface area contributed by atoms with E-state index in [1.807, 2.05) is 61.5 Å². The molecule has 0 aliphatic rings. The molecule has 0 fully saturated rings. The third kappa shape index (κ3) is 2.60. The van der Waals surface area contributed by atoms with Gasteiger partial charge in [0.05, 0.1) is 12.2 Å². The molecule has 2 aromatic carbocycles. The van der Waals surface area contributed by atoms with Gasteiger partial charge in [0.1, 0.15) is 11.4 Å². The minimum Gasteiger partial charge on any atom is -0.494 e. The molecule has 0 aliphatic carbocycles. The minimum atomic E-state index is 0.318. The number of ether oxygens (including phenoxy) is 1. The molecule has 0 bridgehead atoms. The smallest absolute Gasteiger partial charge is 0.230 e. The first kappa shape index (κ1) is 13.2. The maximum absolute atomic E-state index is 5.95. The van der Waals surface area contributed by atoms with Crippen molar-refractivity contribution >= 4 is 5.88 Å². The van der Waals surface area contributed by atoms with E-state index in [4.69, 9.17) is 15.0 Å². The van der Waals surface area contributed by atoms with Gasteiger partial charge in [-0.3, -0.25) is 0 Å². The van der Waals surface area contributed by atoms with Crippen LogP contribution in [0.15, 0.2) is 59.1 Å². The summed E-state index contributed by atoms with van der Waals surface area (Å²) in [6.07, 6.45) is 0. The lowest BCUT2D eigenvalue weighted by molar-refractivity contribution is 0.340. The highest BCUT2D eigenvalue weighted by Crippen LogP contribution is 2.36. The van der Waals surface area contributed by atoms with E-state index < -0.39 is 0 Å². The fourth-order valence-corrected chi connectivity index (χ4v) is 2.26. The maximum Gasteiger partial charge on any atom is 0.230 e. The second-order valence-corrected chi connectivity index (χ2v) is 4.59. The van der Waals surface area contributed by atoms with E-state index in [1.165, 1.54) is 0 Å². The molecule has 0 unspecified atom stereocenters. The molecule has 0 saturated heterocycles. The van der Waals surface area contributed by atoms with Crippen LogP contribution in [0.4, 0.5) is 5.88 Å². The van der Waals surface area contributed by atoms with Crippen LogP contribution in [0.2, 0.25) is 0 Å². The Morgan fingerprint density at radius 1 is 1.00 bits per heavy atom. The molecular weight excluding hydrogens is 264 g/mol. The number of nitrogen functional groups attached to an aromatic ring is 1. The Labute approximate surface area is 123 Å². The van der Waals surface area contributed by atoms with Crippen LogP contribution < -0.4 is 10.5 Å². The molecule has 3 rings (SSSR count). The van der Waals surface area contributed by atoms with Crippen molar-refractivity contribution in [1.82, 2.24) is 5.16 Å². The SMILES string of the molecule is CCOc1ccc(-c2c(-c3ccccc3)noc2N)cc1. The maximum atomic E-state index is 5.95. The lowest BCUT2D eigenvalue weighted by atomic mass is 10.0. The number of aromatic nitrogens is 1. The summed E-state index contributed by atoms with van der Waals surface area (Å²) in [5, 5.41) is 4.09. The summed E-state index contributed by atoms with van der Waals surface area (Å²) in [5.74, 6) is 1.15. The van der Waals surface area contributed by atoms with Crippen molar-refractivity contribution in [3.8, 4) is 28.1 Å². The second kappa shape index (κ2) is 5.71. The average Bonchev–Trinajstić information content (AvgIpc) is 2.91. The Morgan fingerprint density at radius 3 is 2.38 bits per heavy atom. The predicted octanol–water partition coefficient (Wildman–Crippen LogP) is 3.99. The number of benzene rings is 2. The van der Waals surface area contributed by atoms with Gasteiger partial charge in [-0.2, -0.15) is 0 Å². The quantitative estimate of drug-likeness (QED) is 0.785. The van der Waals surface area contributed by atoms with Crippen molar-refractivity contribution in [2.75, 3.05) is 12.3 Å². The number of nitrogens with zero attached hydrogens (tertiary/aromatic N) is 1. The summed E-state index contributed by atoms with van der Waals surface area (Å²) < 4.78 is 10.6. The van der Waals surface area contributed by atoms with E-state index in [0.29, 0.717) is 12.5 Å². The zero-order valence-corrected chi connectivity index (χ0v) is 11.7. The first-order valence-electron chi connectivity index (χ1n) is 6.83. The molecule has 0 radical (unpaired) electrons. The highest BCUT2D eigenvalue weighted by molar-refractivity contribution is 5.86.